The third kappa shape index (κ3) is 3.16. The van der Waals surface area contributed by atoms with Crippen LogP contribution < -0.4 is 4.74 Å². The number of ether oxygens (including phenoxy) is 2. The van der Waals surface area contributed by atoms with E-state index in [-0.39, 0.29) is 17.9 Å². The number of esters is 1. The molecule has 0 aliphatic rings. The van der Waals surface area contributed by atoms with Crippen molar-refractivity contribution in [2.45, 2.75) is 18.9 Å². The van der Waals surface area contributed by atoms with Gasteiger partial charge in [0.1, 0.15) is 11.8 Å². The van der Waals surface area contributed by atoms with Gasteiger partial charge in [0.05, 0.1) is 13.7 Å². The Labute approximate surface area is 113 Å². The van der Waals surface area contributed by atoms with Crippen LogP contribution in [-0.4, -0.2) is 25.6 Å². The van der Waals surface area contributed by atoms with Crippen molar-refractivity contribution in [3.63, 3.8) is 0 Å². The Morgan fingerprint density at radius 1 is 1.50 bits per heavy atom. The second-order valence-electron chi connectivity index (χ2n) is 3.69. The number of nitrogens with zero attached hydrogens (tertiary/aromatic N) is 3. The number of carbonyl (C=O) groups excluding carboxylic acids is 1. The first-order valence-corrected chi connectivity index (χ1v) is 5.71. The number of methoxy groups -OCH3 is 1. The number of azide groups is 1. The Hall–Kier alpha value is -2.34. The van der Waals surface area contributed by atoms with E-state index in [4.69, 9.17) is 10.3 Å². The van der Waals surface area contributed by atoms with Gasteiger partial charge >= 0.3 is 11.9 Å². The van der Waals surface area contributed by atoms with Crippen molar-refractivity contribution in [2.24, 2.45) is 5.11 Å². The lowest BCUT2D eigenvalue weighted by molar-refractivity contribution is -0.174. The van der Waals surface area contributed by atoms with Gasteiger partial charge in [0, 0.05) is 10.5 Å². The van der Waals surface area contributed by atoms with Gasteiger partial charge < -0.3 is 9.47 Å². The molecule has 0 N–H and O–H groups in total. The fourth-order valence-electron chi connectivity index (χ4n) is 1.61. The summed E-state index contributed by atoms with van der Waals surface area (Å²) in [6.45, 7) is 1.20. The normalized spacial score (nSPS) is 12.2. The molecule has 0 radical (unpaired) electrons. The summed E-state index contributed by atoms with van der Waals surface area (Å²) in [4.78, 5) is 13.7. The van der Waals surface area contributed by atoms with E-state index in [0.717, 1.165) is 0 Å². The minimum Gasteiger partial charge on any atom is -0.496 e. The minimum atomic E-state index is -3.99. The first kappa shape index (κ1) is 15.7. The second kappa shape index (κ2) is 6.72. The molecule has 20 heavy (non-hydrogen) atoms. The fourth-order valence-corrected chi connectivity index (χ4v) is 1.61. The molecule has 6 nitrogen and oxygen atoms in total. The van der Waals surface area contributed by atoms with Crippen LogP contribution in [0.5, 0.6) is 5.75 Å². The third-order valence-electron chi connectivity index (χ3n) is 2.49. The first-order valence-electron chi connectivity index (χ1n) is 5.71. The molecule has 0 heterocycles. The summed E-state index contributed by atoms with van der Waals surface area (Å²) in [7, 11) is 1.29. The lowest BCUT2D eigenvalue weighted by atomic mass is 10.0. The molecule has 0 fully saturated rings. The minimum absolute atomic E-state index is 0.0915. The molecule has 0 aliphatic carbocycles. The highest BCUT2D eigenvalue weighted by Gasteiger charge is 2.50. The Morgan fingerprint density at radius 2 is 2.15 bits per heavy atom. The maximum absolute atomic E-state index is 14.1. The van der Waals surface area contributed by atoms with Crippen LogP contribution in [0.1, 0.15) is 18.5 Å². The smallest absolute Gasteiger partial charge is 0.377 e. The summed E-state index contributed by atoms with van der Waals surface area (Å²) in [6, 6.07) is 3.72. The monoisotopic (exact) mass is 285 g/mol. The molecular weight excluding hydrogens is 272 g/mol. The van der Waals surface area contributed by atoms with E-state index in [1.807, 2.05) is 0 Å². The van der Waals surface area contributed by atoms with Crippen molar-refractivity contribution in [1.29, 1.82) is 0 Å². The molecule has 1 aromatic rings. The molecule has 1 rings (SSSR count). The van der Waals surface area contributed by atoms with Gasteiger partial charge in [-0.25, -0.2) is 4.79 Å². The van der Waals surface area contributed by atoms with Crippen molar-refractivity contribution in [3.8, 4) is 5.75 Å². The summed E-state index contributed by atoms with van der Waals surface area (Å²) in [5.41, 5.74) is 8.38. The summed E-state index contributed by atoms with van der Waals surface area (Å²) in [6.07, 6.45) is 0. The van der Waals surface area contributed by atoms with Crippen molar-refractivity contribution >= 4 is 5.97 Å². The number of hydrogen-bond donors (Lipinski definition) is 0. The summed E-state index contributed by atoms with van der Waals surface area (Å²) in [5.74, 6) is -5.64. The Balaban J connectivity index is 3.30. The van der Waals surface area contributed by atoms with E-state index in [1.54, 1.807) is 6.07 Å². The van der Waals surface area contributed by atoms with Gasteiger partial charge in [-0.15, -0.1) is 0 Å². The van der Waals surface area contributed by atoms with E-state index in [2.05, 4.69) is 14.8 Å². The molecule has 108 valence electrons. The van der Waals surface area contributed by atoms with Gasteiger partial charge in [-0.05, 0) is 18.5 Å². The van der Waals surface area contributed by atoms with Crippen molar-refractivity contribution in [2.75, 3.05) is 13.7 Å². The molecule has 8 heteroatoms. The topological polar surface area (TPSA) is 84.3 Å². The lowest BCUT2D eigenvalue weighted by Crippen LogP contribution is -2.36. The lowest BCUT2D eigenvalue weighted by Gasteiger charge is -2.22. The van der Waals surface area contributed by atoms with Gasteiger partial charge in [-0.3, -0.25) is 0 Å². The average Bonchev–Trinajstić information content (AvgIpc) is 2.44. The van der Waals surface area contributed by atoms with Gasteiger partial charge in [-0.2, -0.15) is 8.78 Å². The molecule has 1 atom stereocenters. The van der Waals surface area contributed by atoms with Crippen molar-refractivity contribution < 1.29 is 23.0 Å². The van der Waals surface area contributed by atoms with E-state index in [0.29, 0.717) is 0 Å². The van der Waals surface area contributed by atoms with Gasteiger partial charge in [0.15, 0.2) is 0 Å². The molecule has 0 bridgehead atoms. The van der Waals surface area contributed by atoms with Crippen molar-refractivity contribution in [3.05, 3.63) is 40.3 Å². The molecule has 0 saturated carbocycles. The second-order valence-corrected chi connectivity index (χ2v) is 3.69. The highest BCUT2D eigenvalue weighted by molar-refractivity contribution is 5.79. The van der Waals surface area contributed by atoms with Gasteiger partial charge in [-0.1, -0.05) is 23.3 Å². The Bertz CT molecular complexity index is 530. The van der Waals surface area contributed by atoms with E-state index < -0.39 is 17.9 Å². The molecule has 0 spiro atoms. The van der Waals surface area contributed by atoms with E-state index >= 15 is 0 Å². The zero-order chi connectivity index (χ0) is 15.2. The zero-order valence-electron chi connectivity index (χ0n) is 10.9. The van der Waals surface area contributed by atoms with Gasteiger partial charge in [0.2, 0.25) is 0 Å². The fraction of sp³-hybridized carbons (Fsp3) is 0.417. The maximum Gasteiger partial charge on any atom is 0.377 e. The average molecular weight is 285 g/mol. The van der Waals surface area contributed by atoms with Crippen LogP contribution in [0.15, 0.2) is 29.4 Å². The van der Waals surface area contributed by atoms with Crippen LogP contribution in [0.2, 0.25) is 0 Å². The quantitative estimate of drug-likeness (QED) is 0.348. The number of rotatable bonds is 6. The maximum atomic E-state index is 14.1. The molecule has 0 amide bonds. The number of carbonyl (C=O) groups is 1. The van der Waals surface area contributed by atoms with Gasteiger partial charge in [0.25, 0.3) is 0 Å². The number of para-hydroxylation sites is 1. The van der Waals surface area contributed by atoms with Crippen LogP contribution in [-0.2, 0) is 9.53 Å². The number of benzene rings is 1. The Morgan fingerprint density at radius 3 is 2.70 bits per heavy atom. The molecule has 1 unspecified atom stereocenters. The summed E-state index contributed by atoms with van der Waals surface area (Å²) < 4.78 is 37.4. The highest BCUT2D eigenvalue weighted by Crippen LogP contribution is 2.40. The first-order chi connectivity index (χ1) is 9.48. The SMILES string of the molecule is CCOC(=O)C(F)(F)C(N=[N+]=[N-])c1ccccc1OC. The van der Waals surface area contributed by atoms with Crippen LogP contribution in [0, 0.1) is 0 Å². The van der Waals surface area contributed by atoms with E-state index in [1.165, 1.54) is 32.2 Å². The van der Waals surface area contributed by atoms with Crippen LogP contribution in [0.3, 0.4) is 0 Å². The molecule has 0 aromatic heterocycles. The van der Waals surface area contributed by atoms with Crippen LogP contribution >= 0.6 is 0 Å². The summed E-state index contributed by atoms with van der Waals surface area (Å²) >= 11 is 0. The standard InChI is InChI=1S/C12H13F2N3O3/c1-3-20-11(18)12(13,14)10(16-17-15)8-6-4-5-7-9(8)19-2/h4-7,10H,3H2,1-2H3. The zero-order valence-corrected chi connectivity index (χ0v) is 10.9. The van der Waals surface area contributed by atoms with Crippen LogP contribution in [0.25, 0.3) is 10.4 Å². The predicted octanol–water partition coefficient (Wildman–Crippen LogP) is 3.25. The van der Waals surface area contributed by atoms with Crippen LogP contribution in [0.4, 0.5) is 8.78 Å². The Kier molecular flexibility index (Phi) is 5.28. The van der Waals surface area contributed by atoms with Crippen molar-refractivity contribution in [1.82, 2.24) is 0 Å². The predicted molar refractivity (Wildman–Crippen MR) is 66.5 cm³/mol. The largest absolute Gasteiger partial charge is 0.496 e. The third-order valence-corrected chi connectivity index (χ3v) is 2.49. The number of halogens is 2. The van der Waals surface area contributed by atoms with E-state index in [9.17, 15) is 13.6 Å². The molecule has 0 saturated heterocycles. The molecule has 1 aromatic carbocycles. The molecule has 0 aliphatic heterocycles. The summed E-state index contributed by atoms with van der Waals surface area (Å²) in [5, 5.41) is 3.03. The molecular formula is C12H13F2N3O3. The highest BCUT2D eigenvalue weighted by atomic mass is 19.3. The number of alkyl halides is 2. The number of hydrogen-bond acceptors (Lipinski definition) is 4.